The number of nitrogens with one attached hydrogen (secondary N) is 1. The smallest absolute Gasteiger partial charge is 0.331 e. The van der Waals surface area contributed by atoms with Gasteiger partial charge in [0.15, 0.2) is 0 Å². The quantitative estimate of drug-likeness (QED) is 0.509. The van der Waals surface area contributed by atoms with Crippen LogP contribution in [0.3, 0.4) is 0 Å². The molecule has 0 amide bonds. The normalized spacial score (nSPS) is 11.8. The van der Waals surface area contributed by atoms with E-state index in [0.717, 1.165) is 0 Å². The summed E-state index contributed by atoms with van der Waals surface area (Å²) in [6.07, 6.45) is 0.887. The van der Waals surface area contributed by atoms with Crippen LogP contribution in [0, 0.1) is 0 Å². The second kappa shape index (κ2) is 2.49. The molecule has 6 nitrogen and oxygen atoms in total. The van der Waals surface area contributed by atoms with E-state index in [-0.39, 0.29) is 12.0 Å². The number of H-pyrrole nitrogens is 1. The Balaban J connectivity index is 2.66. The van der Waals surface area contributed by atoms with E-state index in [1.165, 1.54) is 6.33 Å². The Kier molecular flexibility index (Phi) is 1.85. The second-order valence-electron chi connectivity index (χ2n) is 1.76. The van der Waals surface area contributed by atoms with E-state index in [0.29, 0.717) is 0 Å². The fraction of sp³-hybridized carbons (Fsp3) is 0.333. The summed E-state index contributed by atoms with van der Waals surface area (Å²) < 4.78 is 10.3. The molecule has 0 spiro atoms. The lowest BCUT2D eigenvalue weighted by molar-refractivity contribution is 0.370. The molecular weight excluding hydrogens is 157 g/mol. The molecule has 0 aliphatic heterocycles. The molecule has 0 unspecified atom stereocenters. The molecule has 1 aromatic heterocycles. The number of rotatable bonds is 2. The maximum atomic E-state index is 10.3. The van der Waals surface area contributed by atoms with Gasteiger partial charge in [0.05, 0.1) is 0 Å². The Labute approximate surface area is 56.5 Å². The van der Waals surface area contributed by atoms with Crippen molar-refractivity contribution in [1.29, 1.82) is 0 Å². The van der Waals surface area contributed by atoms with Crippen molar-refractivity contribution >= 4 is 7.60 Å². The van der Waals surface area contributed by atoms with Gasteiger partial charge in [-0.05, 0) is 0 Å². The Morgan fingerprint density at radius 1 is 1.70 bits per heavy atom. The molecule has 1 rings (SSSR count). The first-order chi connectivity index (χ1) is 4.58. The van der Waals surface area contributed by atoms with Crippen molar-refractivity contribution in [3.05, 3.63) is 12.2 Å². The van der Waals surface area contributed by atoms with Crippen molar-refractivity contribution in [3.63, 3.8) is 0 Å². The summed E-state index contributed by atoms with van der Waals surface area (Å²) in [5.41, 5.74) is 0. The van der Waals surface area contributed by atoms with Crippen LogP contribution in [0.5, 0.6) is 0 Å². The van der Waals surface area contributed by atoms with E-state index >= 15 is 0 Å². The lowest BCUT2D eigenvalue weighted by Gasteiger charge is -1.97. The average molecular weight is 163 g/mol. The van der Waals surface area contributed by atoms with Crippen molar-refractivity contribution < 1.29 is 14.4 Å². The number of hydrogen-bond acceptors (Lipinski definition) is 3. The minimum atomic E-state index is -3.99. The van der Waals surface area contributed by atoms with E-state index in [9.17, 15) is 4.57 Å². The van der Waals surface area contributed by atoms with Crippen LogP contribution in [-0.2, 0) is 10.7 Å². The summed E-state index contributed by atoms with van der Waals surface area (Å²) in [6.45, 7) is 0. The maximum Gasteiger partial charge on any atom is 0.333 e. The number of nitrogens with zero attached hydrogens (tertiary/aromatic N) is 2. The van der Waals surface area contributed by atoms with Crippen LogP contribution in [-0.4, -0.2) is 25.0 Å². The van der Waals surface area contributed by atoms with Gasteiger partial charge >= 0.3 is 7.60 Å². The lowest BCUT2D eigenvalue weighted by Crippen LogP contribution is -1.88. The molecular formula is C3H6N3O3P. The zero-order chi connectivity index (χ0) is 7.61. The van der Waals surface area contributed by atoms with Crippen molar-refractivity contribution in [3.8, 4) is 0 Å². The molecule has 0 aliphatic carbocycles. The lowest BCUT2D eigenvalue weighted by atomic mass is 10.7. The molecule has 0 bridgehead atoms. The zero-order valence-electron chi connectivity index (χ0n) is 4.93. The van der Waals surface area contributed by atoms with Gasteiger partial charge in [0.25, 0.3) is 0 Å². The molecule has 0 atom stereocenters. The summed E-state index contributed by atoms with van der Waals surface area (Å²) in [7, 11) is -3.99. The Hall–Kier alpha value is -0.710. The fourth-order valence-electron chi connectivity index (χ4n) is 0.503. The van der Waals surface area contributed by atoms with Crippen LogP contribution in [0.2, 0.25) is 0 Å². The summed E-state index contributed by atoms with van der Waals surface area (Å²) in [5, 5.41) is 6.76. The van der Waals surface area contributed by atoms with E-state index in [4.69, 9.17) is 9.79 Å². The monoisotopic (exact) mass is 163 g/mol. The van der Waals surface area contributed by atoms with Crippen molar-refractivity contribution in [1.82, 2.24) is 15.2 Å². The molecule has 10 heavy (non-hydrogen) atoms. The summed E-state index contributed by atoms with van der Waals surface area (Å²) >= 11 is 0. The molecule has 1 heterocycles. The first-order valence-electron chi connectivity index (χ1n) is 2.47. The first kappa shape index (κ1) is 7.40. The van der Waals surface area contributed by atoms with E-state index < -0.39 is 7.60 Å². The van der Waals surface area contributed by atoms with Crippen LogP contribution in [0.25, 0.3) is 0 Å². The van der Waals surface area contributed by atoms with E-state index in [2.05, 4.69) is 15.2 Å². The highest BCUT2D eigenvalue weighted by Crippen LogP contribution is 2.37. The third-order valence-corrected chi connectivity index (χ3v) is 1.53. The predicted octanol–water partition coefficient (Wildman–Crippen LogP) is -0.518. The van der Waals surface area contributed by atoms with Gasteiger partial charge in [0.1, 0.15) is 18.3 Å². The van der Waals surface area contributed by atoms with Gasteiger partial charge in [-0.15, -0.1) is 10.2 Å². The van der Waals surface area contributed by atoms with Crippen LogP contribution in [0.15, 0.2) is 6.33 Å². The van der Waals surface area contributed by atoms with Gasteiger partial charge in [-0.3, -0.25) is 4.57 Å². The third kappa shape index (κ3) is 2.26. The molecule has 7 heteroatoms. The third-order valence-electron chi connectivity index (χ3n) is 0.823. The van der Waals surface area contributed by atoms with Crippen LogP contribution in [0.4, 0.5) is 0 Å². The predicted molar refractivity (Wildman–Crippen MR) is 32.1 cm³/mol. The molecule has 0 saturated heterocycles. The molecule has 56 valence electrons. The Morgan fingerprint density at radius 2 is 2.40 bits per heavy atom. The minimum Gasteiger partial charge on any atom is -0.331 e. The van der Waals surface area contributed by atoms with Crippen molar-refractivity contribution in [2.45, 2.75) is 6.16 Å². The van der Waals surface area contributed by atoms with Crippen LogP contribution in [0.1, 0.15) is 5.82 Å². The van der Waals surface area contributed by atoms with Gasteiger partial charge in [0, 0.05) is 0 Å². The average Bonchev–Trinajstić information content (AvgIpc) is 2.12. The topological polar surface area (TPSA) is 99.1 Å². The van der Waals surface area contributed by atoms with Gasteiger partial charge < -0.3 is 14.8 Å². The second-order valence-corrected chi connectivity index (χ2v) is 3.40. The molecule has 0 radical (unpaired) electrons. The minimum absolute atomic E-state index is 0.202. The number of aromatic amines is 1. The summed E-state index contributed by atoms with van der Waals surface area (Å²) in [6, 6.07) is 0. The summed E-state index contributed by atoms with van der Waals surface area (Å²) in [5.74, 6) is 0.202. The highest BCUT2D eigenvalue weighted by atomic mass is 31.2. The highest BCUT2D eigenvalue weighted by Gasteiger charge is 2.15. The van der Waals surface area contributed by atoms with E-state index in [1.807, 2.05) is 0 Å². The van der Waals surface area contributed by atoms with E-state index in [1.54, 1.807) is 0 Å². The van der Waals surface area contributed by atoms with Gasteiger partial charge in [-0.25, -0.2) is 0 Å². The van der Waals surface area contributed by atoms with Gasteiger partial charge in [-0.2, -0.15) is 0 Å². The van der Waals surface area contributed by atoms with Crippen molar-refractivity contribution in [2.24, 2.45) is 0 Å². The fourth-order valence-corrected chi connectivity index (χ4v) is 1.05. The highest BCUT2D eigenvalue weighted by molar-refractivity contribution is 7.50. The SMILES string of the molecule is O=P(O)(O)Cc1nnc[nH]1. The molecule has 0 aromatic carbocycles. The molecule has 0 saturated carbocycles. The van der Waals surface area contributed by atoms with Crippen LogP contribution >= 0.6 is 7.60 Å². The Morgan fingerprint density at radius 3 is 2.80 bits per heavy atom. The molecule has 1 aromatic rings. The maximum absolute atomic E-state index is 10.3. The molecule has 0 fully saturated rings. The van der Waals surface area contributed by atoms with Crippen molar-refractivity contribution in [2.75, 3.05) is 0 Å². The number of hydrogen-bond donors (Lipinski definition) is 3. The largest absolute Gasteiger partial charge is 0.333 e. The van der Waals surface area contributed by atoms with Gasteiger partial charge in [0.2, 0.25) is 0 Å². The van der Waals surface area contributed by atoms with Gasteiger partial charge in [-0.1, -0.05) is 0 Å². The number of aromatic nitrogens is 3. The zero-order valence-corrected chi connectivity index (χ0v) is 5.82. The molecule has 0 aliphatic rings. The first-order valence-corrected chi connectivity index (χ1v) is 4.27. The summed E-state index contributed by atoms with van der Waals surface area (Å²) in [4.78, 5) is 19.3. The molecule has 3 N–H and O–H groups in total. The standard InChI is InChI=1S/C3H6N3O3P/c7-10(8,9)1-3-4-2-5-6-3/h2H,1H2,(H,4,5,6)(H2,7,8,9). The van der Waals surface area contributed by atoms with Crippen LogP contribution < -0.4 is 0 Å². The Bertz CT molecular complexity index is 240.